The Morgan fingerprint density at radius 1 is 1.06 bits per heavy atom. The monoisotopic (exact) mass is 268 g/mol. The lowest BCUT2D eigenvalue weighted by atomic mass is 10.1. The quantitative estimate of drug-likeness (QED) is 0.470. The van der Waals surface area contributed by atoms with Crippen molar-refractivity contribution >= 4 is 8.32 Å². The van der Waals surface area contributed by atoms with Crippen LogP contribution in [0.15, 0.2) is 12.2 Å². The summed E-state index contributed by atoms with van der Waals surface area (Å²) in [5.74, 6) is 0.646. The van der Waals surface area contributed by atoms with Gasteiger partial charge in [0.2, 0.25) is 8.32 Å². The van der Waals surface area contributed by atoms with Gasteiger partial charge in [-0.15, -0.1) is 0 Å². The Hall–Kier alpha value is -0.0831. The SMILES string of the molecule is C=C1C[C@H](O[Si](C(C)C)(C(C)C)C(C)C)C[C@H]1C. The molecule has 1 fully saturated rings. The van der Waals surface area contributed by atoms with Gasteiger partial charge >= 0.3 is 0 Å². The van der Waals surface area contributed by atoms with E-state index in [0.29, 0.717) is 28.6 Å². The van der Waals surface area contributed by atoms with E-state index in [0.717, 1.165) is 6.42 Å². The van der Waals surface area contributed by atoms with Gasteiger partial charge in [0.1, 0.15) is 0 Å². The van der Waals surface area contributed by atoms with E-state index in [2.05, 4.69) is 55.0 Å². The summed E-state index contributed by atoms with van der Waals surface area (Å²) >= 11 is 0. The molecule has 0 bridgehead atoms. The largest absolute Gasteiger partial charge is 0.413 e. The minimum Gasteiger partial charge on any atom is -0.413 e. The van der Waals surface area contributed by atoms with Crippen LogP contribution < -0.4 is 0 Å². The van der Waals surface area contributed by atoms with Gasteiger partial charge in [0.15, 0.2) is 0 Å². The van der Waals surface area contributed by atoms with Crippen molar-refractivity contribution < 1.29 is 4.43 Å². The van der Waals surface area contributed by atoms with Gasteiger partial charge in [0.25, 0.3) is 0 Å². The lowest BCUT2D eigenvalue weighted by Gasteiger charge is -2.44. The molecule has 1 saturated carbocycles. The normalized spacial score (nSPS) is 25.8. The molecule has 2 heteroatoms. The highest BCUT2D eigenvalue weighted by atomic mass is 28.4. The summed E-state index contributed by atoms with van der Waals surface area (Å²) in [6.07, 6.45) is 2.70. The third-order valence-corrected chi connectivity index (χ3v) is 11.0. The predicted octanol–water partition coefficient (Wildman–Crippen LogP) is 5.53. The summed E-state index contributed by atoms with van der Waals surface area (Å²) in [7, 11) is -1.69. The van der Waals surface area contributed by atoms with Crippen molar-refractivity contribution in [1.29, 1.82) is 0 Å². The Morgan fingerprint density at radius 2 is 1.50 bits per heavy atom. The van der Waals surface area contributed by atoms with Crippen LogP contribution in [-0.2, 0) is 4.43 Å². The fraction of sp³-hybridized carbons (Fsp3) is 0.875. The van der Waals surface area contributed by atoms with Gasteiger partial charge < -0.3 is 4.43 Å². The molecule has 0 N–H and O–H groups in total. The summed E-state index contributed by atoms with van der Waals surface area (Å²) < 4.78 is 6.80. The van der Waals surface area contributed by atoms with Crippen molar-refractivity contribution in [3.8, 4) is 0 Å². The van der Waals surface area contributed by atoms with Gasteiger partial charge in [-0.25, -0.2) is 0 Å². The molecular formula is C16H32OSi. The number of rotatable bonds is 5. The van der Waals surface area contributed by atoms with Crippen LogP contribution in [0.3, 0.4) is 0 Å². The van der Waals surface area contributed by atoms with Crippen LogP contribution in [0.25, 0.3) is 0 Å². The highest BCUT2D eigenvalue weighted by Gasteiger charge is 2.47. The van der Waals surface area contributed by atoms with Crippen molar-refractivity contribution in [1.82, 2.24) is 0 Å². The first kappa shape index (κ1) is 16.0. The minimum absolute atomic E-state index is 0.436. The van der Waals surface area contributed by atoms with Gasteiger partial charge in [-0.05, 0) is 35.4 Å². The first-order chi connectivity index (χ1) is 8.21. The molecule has 0 spiro atoms. The average molecular weight is 269 g/mol. The van der Waals surface area contributed by atoms with Crippen molar-refractivity contribution in [3.63, 3.8) is 0 Å². The van der Waals surface area contributed by atoms with Crippen molar-refractivity contribution in [2.24, 2.45) is 5.92 Å². The molecule has 0 aromatic rings. The molecule has 1 aliphatic rings. The van der Waals surface area contributed by atoms with E-state index in [1.165, 1.54) is 12.0 Å². The van der Waals surface area contributed by atoms with Gasteiger partial charge in [-0.2, -0.15) is 0 Å². The van der Waals surface area contributed by atoms with E-state index in [1.54, 1.807) is 0 Å². The summed E-state index contributed by atoms with van der Waals surface area (Å²) in [5.41, 5.74) is 3.43. The second-order valence-electron chi connectivity index (χ2n) is 7.06. The molecule has 0 saturated heterocycles. The summed E-state index contributed by atoms with van der Waals surface area (Å²) in [6.45, 7) is 20.6. The van der Waals surface area contributed by atoms with Crippen LogP contribution >= 0.6 is 0 Å². The Labute approximate surface area is 115 Å². The zero-order valence-corrected chi connectivity index (χ0v) is 14.4. The summed E-state index contributed by atoms with van der Waals surface area (Å²) in [4.78, 5) is 0. The lowest BCUT2D eigenvalue weighted by molar-refractivity contribution is 0.178. The average Bonchev–Trinajstić information content (AvgIpc) is 2.53. The van der Waals surface area contributed by atoms with E-state index in [4.69, 9.17) is 4.43 Å². The third kappa shape index (κ3) is 2.90. The molecule has 0 aromatic carbocycles. The van der Waals surface area contributed by atoms with Gasteiger partial charge in [0.05, 0.1) is 0 Å². The Balaban J connectivity index is 2.89. The molecule has 18 heavy (non-hydrogen) atoms. The molecular weight excluding hydrogens is 236 g/mol. The van der Waals surface area contributed by atoms with Crippen LogP contribution in [0.4, 0.5) is 0 Å². The molecule has 1 rings (SSSR count). The van der Waals surface area contributed by atoms with Crippen LogP contribution in [-0.4, -0.2) is 14.4 Å². The summed E-state index contributed by atoms with van der Waals surface area (Å²) in [5, 5.41) is 0. The van der Waals surface area contributed by atoms with E-state index in [1.807, 2.05) is 0 Å². The molecule has 0 radical (unpaired) electrons. The van der Waals surface area contributed by atoms with Crippen molar-refractivity contribution in [2.75, 3.05) is 0 Å². The Bertz CT molecular complexity index is 272. The molecule has 0 heterocycles. The van der Waals surface area contributed by atoms with Crippen LogP contribution in [0, 0.1) is 5.92 Å². The Kier molecular flexibility index (Phi) is 5.25. The zero-order valence-electron chi connectivity index (χ0n) is 13.4. The standard InChI is InChI=1S/C16H32OSi/c1-11(2)18(12(3)4,13(5)6)17-16-9-14(7)15(8)10-16/h11-13,15-16H,7,9-10H2,1-6,8H3/t15-,16+/m1/s1. The molecule has 0 aromatic heterocycles. The van der Waals surface area contributed by atoms with E-state index in [-0.39, 0.29) is 0 Å². The van der Waals surface area contributed by atoms with Crippen molar-refractivity contribution in [2.45, 2.75) is 84.0 Å². The summed E-state index contributed by atoms with van der Waals surface area (Å²) in [6, 6.07) is 0. The molecule has 1 aliphatic carbocycles. The number of hydrogen-bond acceptors (Lipinski definition) is 1. The van der Waals surface area contributed by atoms with Crippen LogP contribution in [0.1, 0.15) is 61.3 Å². The first-order valence-electron chi connectivity index (χ1n) is 7.57. The maximum absolute atomic E-state index is 6.80. The van der Waals surface area contributed by atoms with Gasteiger partial charge in [-0.1, -0.05) is 60.6 Å². The lowest BCUT2D eigenvalue weighted by Crippen LogP contribution is -2.49. The predicted molar refractivity (Wildman–Crippen MR) is 83.5 cm³/mol. The molecule has 0 amide bonds. The highest BCUT2D eigenvalue weighted by Crippen LogP contribution is 2.45. The van der Waals surface area contributed by atoms with E-state index in [9.17, 15) is 0 Å². The molecule has 1 nitrogen and oxygen atoms in total. The number of hydrogen-bond donors (Lipinski definition) is 0. The van der Waals surface area contributed by atoms with Gasteiger partial charge in [0, 0.05) is 6.10 Å². The molecule has 0 aliphatic heterocycles. The molecule has 2 atom stereocenters. The fourth-order valence-corrected chi connectivity index (χ4v) is 9.50. The second-order valence-corrected chi connectivity index (χ2v) is 12.5. The van der Waals surface area contributed by atoms with Crippen molar-refractivity contribution in [3.05, 3.63) is 12.2 Å². The maximum Gasteiger partial charge on any atom is 0.200 e. The maximum atomic E-state index is 6.80. The fourth-order valence-electron chi connectivity index (χ4n) is 3.92. The van der Waals surface area contributed by atoms with E-state index < -0.39 is 8.32 Å². The van der Waals surface area contributed by atoms with Crippen LogP contribution in [0.5, 0.6) is 0 Å². The Morgan fingerprint density at radius 3 is 1.78 bits per heavy atom. The van der Waals surface area contributed by atoms with Gasteiger partial charge in [-0.3, -0.25) is 0 Å². The topological polar surface area (TPSA) is 9.23 Å². The smallest absolute Gasteiger partial charge is 0.200 e. The zero-order chi connectivity index (χ0) is 14.1. The van der Waals surface area contributed by atoms with Crippen LogP contribution in [0.2, 0.25) is 16.6 Å². The minimum atomic E-state index is -1.69. The second kappa shape index (κ2) is 5.92. The third-order valence-electron chi connectivity index (χ3n) is 4.88. The molecule has 0 unspecified atom stereocenters. The van der Waals surface area contributed by atoms with E-state index >= 15 is 0 Å². The highest BCUT2D eigenvalue weighted by molar-refractivity contribution is 6.77. The molecule has 106 valence electrons. The first-order valence-corrected chi connectivity index (χ1v) is 9.71.